The highest BCUT2D eigenvalue weighted by Gasteiger charge is 2.11. The minimum absolute atomic E-state index is 0.00675. The van der Waals surface area contributed by atoms with E-state index in [1.54, 1.807) is 11.0 Å². The van der Waals surface area contributed by atoms with E-state index in [9.17, 15) is 5.11 Å². The molecule has 0 aliphatic rings. The van der Waals surface area contributed by atoms with Gasteiger partial charge in [-0.2, -0.15) is 0 Å². The molecule has 0 heterocycles. The van der Waals surface area contributed by atoms with E-state index in [-0.39, 0.29) is 19.8 Å². The average molecular weight is 394 g/mol. The molecule has 0 radical (unpaired) electrons. The zero-order chi connectivity index (χ0) is 19.9. The Hall–Kier alpha value is -1.75. The largest absolute Gasteiger partial charge is 0.473 e. The molecule has 0 aliphatic carbocycles. The number of hydrogen-bond donors (Lipinski definition) is 5. The summed E-state index contributed by atoms with van der Waals surface area (Å²) in [5.74, 6) is -3.65. The van der Waals surface area contributed by atoms with Crippen LogP contribution in [-0.2, 0) is 20.9 Å². The third-order valence-electron chi connectivity index (χ3n) is 3.01. The number of aliphatic carboxylic acids is 2. The second kappa shape index (κ2) is 14.4. The van der Waals surface area contributed by atoms with Crippen molar-refractivity contribution in [1.82, 2.24) is 4.90 Å². The van der Waals surface area contributed by atoms with E-state index >= 15 is 0 Å². The molecule has 0 aliphatic heterocycles. The first-order chi connectivity index (χ1) is 12.3. The van der Waals surface area contributed by atoms with E-state index in [1.165, 1.54) is 0 Å². The molecular formula is C16H24ClNO8. The van der Waals surface area contributed by atoms with E-state index in [1.807, 2.05) is 18.2 Å². The number of carboxylic acids is 2. The Kier molecular flexibility index (Phi) is 13.5. The van der Waals surface area contributed by atoms with E-state index in [2.05, 4.69) is 0 Å². The van der Waals surface area contributed by atoms with Gasteiger partial charge in [-0.3, -0.25) is 4.90 Å². The summed E-state index contributed by atoms with van der Waals surface area (Å²) < 4.78 is 5.43. The number of carboxylic acid groups (broad SMARTS) is 2. The van der Waals surface area contributed by atoms with Crippen LogP contribution in [0.1, 0.15) is 5.56 Å². The lowest BCUT2D eigenvalue weighted by molar-refractivity contribution is -0.159. The monoisotopic (exact) mass is 393 g/mol. The molecule has 5 N–H and O–H groups in total. The van der Waals surface area contributed by atoms with Crippen LogP contribution >= 0.6 is 11.6 Å². The fraction of sp³-hybridized carbons (Fsp3) is 0.500. The topological polar surface area (TPSA) is 148 Å². The zero-order valence-corrected chi connectivity index (χ0v) is 14.9. The molecule has 1 unspecified atom stereocenters. The summed E-state index contributed by atoms with van der Waals surface area (Å²) in [5.41, 5.74) is 0.879. The molecule has 148 valence electrons. The van der Waals surface area contributed by atoms with Crippen molar-refractivity contribution in [2.75, 3.05) is 39.5 Å². The molecule has 26 heavy (non-hydrogen) atoms. The van der Waals surface area contributed by atoms with Crippen LogP contribution in [0.15, 0.2) is 24.3 Å². The maximum atomic E-state index is 9.86. The summed E-state index contributed by atoms with van der Waals surface area (Å²) >= 11 is 6.00. The predicted molar refractivity (Wildman–Crippen MR) is 93.0 cm³/mol. The first-order valence-electron chi connectivity index (χ1n) is 7.71. The van der Waals surface area contributed by atoms with Crippen molar-refractivity contribution >= 4 is 23.5 Å². The highest BCUT2D eigenvalue weighted by Crippen LogP contribution is 2.15. The van der Waals surface area contributed by atoms with Crippen LogP contribution in [0.25, 0.3) is 0 Å². The number of nitrogens with zero attached hydrogens (tertiary/aromatic N) is 1. The predicted octanol–water partition coefficient (Wildman–Crippen LogP) is -0.340. The van der Waals surface area contributed by atoms with Gasteiger partial charge in [-0.05, 0) is 11.6 Å². The second-order valence-corrected chi connectivity index (χ2v) is 5.53. The SMILES string of the molecule is O=C(O)C(=O)O.OCCN(CCO)CC(O)COCc1ccccc1Cl. The van der Waals surface area contributed by atoms with E-state index in [0.29, 0.717) is 31.3 Å². The van der Waals surface area contributed by atoms with Gasteiger partial charge in [0.1, 0.15) is 0 Å². The highest BCUT2D eigenvalue weighted by atomic mass is 35.5. The summed E-state index contributed by atoms with van der Waals surface area (Å²) in [6, 6.07) is 7.40. The van der Waals surface area contributed by atoms with Crippen molar-refractivity contribution in [2.45, 2.75) is 12.7 Å². The summed E-state index contributed by atoms with van der Waals surface area (Å²) in [5, 5.41) is 43.0. The number of ether oxygens (including phenoxy) is 1. The first kappa shape index (κ1) is 24.2. The van der Waals surface area contributed by atoms with Crippen molar-refractivity contribution in [2.24, 2.45) is 0 Å². The van der Waals surface area contributed by atoms with Gasteiger partial charge >= 0.3 is 11.9 Å². The first-order valence-corrected chi connectivity index (χ1v) is 8.09. The highest BCUT2D eigenvalue weighted by molar-refractivity contribution is 6.31. The summed E-state index contributed by atoms with van der Waals surface area (Å²) in [6.07, 6.45) is -0.671. The van der Waals surface area contributed by atoms with Gasteiger partial charge in [0.05, 0.1) is 32.5 Å². The molecule has 0 aromatic heterocycles. The summed E-state index contributed by atoms with van der Waals surface area (Å²) in [6.45, 7) is 1.70. The van der Waals surface area contributed by atoms with Crippen LogP contribution < -0.4 is 0 Å². The molecular weight excluding hydrogens is 370 g/mol. The second-order valence-electron chi connectivity index (χ2n) is 5.12. The number of aliphatic hydroxyl groups excluding tert-OH is 3. The van der Waals surface area contributed by atoms with E-state index in [4.69, 9.17) is 46.4 Å². The summed E-state index contributed by atoms with van der Waals surface area (Å²) in [7, 11) is 0. The third kappa shape index (κ3) is 11.7. The molecule has 1 aromatic carbocycles. The Labute approximate surface area is 156 Å². The molecule has 1 rings (SSSR count). The van der Waals surface area contributed by atoms with Crippen molar-refractivity contribution in [1.29, 1.82) is 0 Å². The Morgan fingerprint density at radius 3 is 2.08 bits per heavy atom. The number of benzene rings is 1. The van der Waals surface area contributed by atoms with Gasteiger partial charge in [-0.15, -0.1) is 0 Å². The van der Waals surface area contributed by atoms with Crippen LogP contribution in [0, 0.1) is 0 Å². The van der Waals surface area contributed by atoms with Crippen LogP contribution in [0.4, 0.5) is 0 Å². The smallest absolute Gasteiger partial charge is 0.414 e. The molecule has 0 spiro atoms. The minimum atomic E-state index is -1.82. The van der Waals surface area contributed by atoms with Crippen molar-refractivity contribution < 1.29 is 39.9 Å². The number of aliphatic hydroxyl groups is 3. The number of halogens is 1. The Bertz CT molecular complexity index is 525. The molecule has 9 nitrogen and oxygen atoms in total. The van der Waals surface area contributed by atoms with Gasteiger partial charge in [0.2, 0.25) is 0 Å². The normalized spacial score (nSPS) is 11.6. The molecule has 10 heteroatoms. The number of rotatable bonds is 10. The average Bonchev–Trinajstić information content (AvgIpc) is 2.57. The van der Waals surface area contributed by atoms with Crippen molar-refractivity contribution in [3.8, 4) is 0 Å². The number of carbonyl (C=O) groups is 2. The Balaban J connectivity index is 0.000000896. The maximum Gasteiger partial charge on any atom is 0.414 e. The molecule has 1 atom stereocenters. The molecule has 0 fully saturated rings. The Morgan fingerprint density at radius 2 is 1.62 bits per heavy atom. The van der Waals surface area contributed by atoms with Gasteiger partial charge in [-0.1, -0.05) is 29.8 Å². The molecule has 0 amide bonds. The zero-order valence-electron chi connectivity index (χ0n) is 14.1. The molecule has 1 aromatic rings. The standard InChI is InChI=1S/C14H22ClNO4.C2H2O4/c15-14-4-2-1-3-12(14)10-20-11-13(19)9-16(5-7-17)6-8-18;3-1(4)2(5)6/h1-4,13,17-19H,5-11H2;(H,3,4)(H,5,6). The molecule has 0 bridgehead atoms. The van der Waals surface area contributed by atoms with Crippen LogP contribution in [0.5, 0.6) is 0 Å². The van der Waals surface area contributed by atoms with Crippen LogP contribution in [0.3, 0.4) is 0 Å². The van der Waals surface area contributed by atoms with Gasteiger partial charge in [0, 0.05) is 24.7 Å². The fourth-order valence-corrected chi connectivity index (χ4v) is 2.04. The quantitative estimate of drug-likeness (QED) is 0.336. The van der Waals surface area contributed by atoms with E-state index in [0.717, 1.165) is 5.56 Å². The summed E-state index contributed by atoms with van der Waals surface area (Å²) in [4.78, 5) is 20.0. The minimum Gasteiger partial charge on any atom is -0.473 e. The fourth-order valence-electron chi connectivity index (χ4n) is 1.85. The lowest BCUT2D eigenvalue weighted by atomic mass is 10.2. The van der Waals surface area contributed by atoms with Crippen LogP contribution in [0.2, 0.25) is 5.02 Å². The molecule has 0 saturated heterocycles. The van der Waals surface area contributed by atoms with Gasteiger partial charge in [0.25, 0.3) is 0 Å². The lowest BCUT2D eigenvalue weighted by Crippen LogP contribution is -2.38. The van der Waals surface area contributed by atoms with E-state index < -0.39 is 18.0 Å². The van der Waals surface area contributed by atoms with Gasteiger partial charge < -0.3 is 30.3 Å². The molecule has 0 saturated carbocycles. The maximum absolute atomic E-state index is 9.86. The lowest BCUT2D eigenvalue weighted by Gasteiger charge is -2.23. The number of hydrogen-bond acceptors (Lipinski definition) is 7. The van der Waals surface area contributed by atoms with Crippen molar-refractivity contribution in [3.05, 3.63) is 34.9 Å². The van der Waals surface area contributed by atoms with Crippen LogP contribution in [-0.4, -0.2) is 87.9 Å². The van der Waals surface area contributed by atoms with Gasteiger partial charge in [-0.25, -0.2) is 9.59 Å². The Morgan fingerprint density at radius 1 is 1.08 bits per heavy atom. The van der Waals surface area contributed by atoms with Gasteiger partial charge in [0.15, 0.2) is 0 Å². The third-order valence-corrected chi connectivity index (χ3v) is 3.38. The van der Waals surface area contributed by atoms with Crippen molar-refractivity contribution in [3.63, 3.8) is 0 Å².